The lowest BCUT2D eigenvalue weighted by atomic mass is 9.88. The lowest BCUT2D eigenvalue weighted by Gasteiger charge is -2.39. The number of amides is 6. The van der Waals surface area contributed by atoms with E-state index in [9.17, 15) is 28.8 Å². The van der Waals surface area contributed by atoms with Crippen molar-refractivity contribution in [2.45, 2.75) is 51.2 Å². The molecule has 0 saturated heterocycles. The van der Waals surface area contributed by atoms with Crippen LogP contribution in [0.5, 0.6) is 0 Å². The van der Waals surface area contributed by atoms with Crippen LogP contribution in [-0.2, 0) is 140 Å². The molecule has 0 bridgehead atoms. The van der Waals surface area contributed by atoms with Gasteiger partial charge in [-0.15, -0.1) is 0 Å². The summed E-state index contributed by atoms with van der Waals surface area (Å²) in [6, 6.07) is 22.3. The van der Waals surface area contributed by atoms with Crippen LogP contribution in [0.15, 0.2) is 91.4 Å². The lowest BCUT2D eigenvalue weighted by Crippen LogP contribution is -2.43. The molecule has 6 amide bonds. The minimum atomic E-state index is -0.497. The fraction of sp³-hybridized carbons (Fsp3) is 0.649. The van der Waals surface area contributed by atoms with Crippen molar-refractivity contribution in [3.05, 3.63) is 131 Å². The zero-order valence-corrected chi connectivity index (χ0v) is 84.1. The zero-order chi connectivity index (χ0) is 101. The van der Waals surface area contributed by atoms with E-state index >= 15 is 0 Å². The molecule has 0 saturated carbocycles. The van der Waals surface area contributed by atoms with Gasteiger partial charge in [0.1, 0.15) is 5.69 Å². The van der Waals surface area contributed by atoms with Gasteiger partial charge in [0.05, 0.1) is 321 Å². The Morgan fingerprint density at radius 1 is 0.387 bits per heavy atom. The number of rotatable bonds is 90. The molecule has 44 nitrogen and oxygen atoms in total. The van der Waals surface area contributed by atoms with Crippen LogP contribution in [0.25, 0.3) is 11.1 Å². The minimum absolute atomic E-state index is 0.00457. The van der Waals surface area contributed by atoms with Crippen LogP contribution < -0.4 is 53.6 Å². The molecule has 3 atom stereocenters. The van der Waals surface area contributed by atoms with E-state index in [1.165, 1.54) is 16.8 Å². The summed E-state index contributed by atoms with van der Waals surface area (Å²) in [5.41, 5.74) is 18.3. The fourth-order valence-electron chi connectivity index (χ4n) is 13.7. The summed E-state index contributed by atoms with van der Waals surface area (Å²) in [6.45, 7) is 26.1. The first-order valence-corrected chi connectivity index (χ1v) is 49.1. The van der Waals surface area contributed by atoms with E-state index in [1.807, 2.05) is 53.4 Å². The molecule has 4 heterocycles. The second-order valence-electron chi connectivity index (χ2n) is 32.0. The van der Waals surface area contributed by atoms with Crippen LogP contribution >= 0.6 is 11.6 Å². The summed E-state index contributed by atoms with van der Waals surface area (Å²) < 4.78 is 132. The third-order valence-electron chi connectivity index (χ3n) is 20.8. The summed E-state index contributed by atoms with van der Waals surface area (Å²) in [5, 5.41) is 21.5. The van der Waals surface area contributed by atoms with Gasteiger partial charge < -0.3 is 176 Å². The van der Waals surface area contributed by atoms with Gasteiger partial charge in [-0.3, -0.25) is 28.8 Å². The Morgan fingerprint density at radius 2 is 0.761 bits per heavy atom. The number of ether oxygens (including phenoxy) is 23. The van der Waals surface area contributed by atoms with Gasteiger partial charge in [-0.05, 0) is 97.6 Å². The van der Waals surface area contributed by atoms with Crippen LogP contribution in [0, 0.1) is 0 Å². The number of carbonyl (C=O) groups is 6. The second-order valence-corrected chi connectivity index (χ2v) is 32.4. The van der Waals surface area contributed by atoms with Gasteiger partial charge in [0.25, 0.3) is 23.6 Å². The molecule has 0 spiro atoms. The number of carbonyl (C=O) groups excluding carboxylic acids is 6. The average Bonchev–Trinajstić information content (AvgIpc) is 1.07. The number of imidazole rings is 2. The summed E-state index contributed by atoms with van der Waals surface area (Å²) >= 11 is 6.14. The maximum atomic E-state index is 13.4. The molecule has 1 aliphatic rings. The van der Waals surface area contributed by atoms with Gasteiger partial charge in [0.2, 0.25) is 17.6 Å². The average molecular weight is 2030 g/mol. The molecule has 0 aliphatic carbocycles. The molecule has 1 aliphatic heterocycles. The Labute approximate surface area is 838 Å². The maximum Gasteiger partial charge on any atom is 0.291 e. The second kappa shape index (κ2) is 77.7. The first-order valence-electron chi connectivity index (χ1n) is 48.7. The lowest BCUT2D eigenvalue weighted by molar-refractivity contribution is -0.117. The van der Waals surface area contributed by atoms with Crippen LogP contribution in [0.2, 0.25) is 5.02 Å². The van der Waals surface area contributed by atoms with Gasteiger partial charge in [-0.25, -0.2) is 9.97 Å². The van der Waals surface area contributed by atoms with Crippen molar-refractivity contribution in [2.75, 3.05) is 364 Å². The topological polar surface area (TPSA) is 495 Å². The van der Waals surface area contributed by atoms with Crippen molar-refractivity contribution in [1.29, 1.82) is 0 Å². The Kier molecular flexibility index (Phi) is 65.7. The largest absolute Gasteiger partial charge is 0.378 e. The molecule has 0 fully saturated rings. The molecule has 7 rings (SSSR count). The summed E-state index contributed by atoms with van der Waals surface area (Å²) in [5.74, 6) is -1.71. The fourth-order valence-corrected chi connectivity index (χ4v) is 13.8. The standard InChI is InChI=1S/C97H154ClN15O29/c1-76-70-86(105-82-13-11-81(98)12-14-82)84-71-80(10-15-88(84)113(76)77(2)114)78-6-8-79(9-7-78)94(116)103-22-26-122-30-34-126-38-42-130-46-50-134-53-54-135-51-47-131-43-39-127-35-31-123-27-23-104-96(118)92-109-90(75-112(92)5)108-91(115)17-20-102-95(117)89-72-83(73-110(89)3)106-97(119)93-107-87(74-111(93)4)85(100)16-19-101-21-25-121-29-33-125-37-41-129-45-49-133-55-57-137-59-61-139-63-65-141-67-69-142-68-66-140-64-62-138-60-58-136-56-52-132-48-44-128-40-36-124-32-28-120-24-18-99/h6-15,71-76,85-86,101,105H,16-70,99-100H2,1-5H3,(H,102,117)(H,103,116)(H,104,118)(H,106,119)(H,108,115)/t76-,85?,86+/m0/s1. The van der Waals surface area contributed by atoms with Crippen LogP contribution in [0.1, 0.15) is 98.5 Å². The molecule has 3 aromatic heterocycles. The summed E-state index contributed by atoms with van der Waals surface area (Å²) in [6.07, 6.45) is 6.00. The molecular weight excluding hydrogens is 1870 g/mol. The number of benzene rings is 3. The van der Waals surface area contributed by atoms with E-state index < -0.39 is 29.7 Å². The van der Waals surface area contributed by atoms with Crippen molar-refractivity contribution < 1.29 is 138 Å². The molecule has 142 heavy (non-hydrogen) atoms. The number of fused-ring (bicyclic) bond motifs is 1. The van der Waals surface area contributed by atoms with E-state index in [4.69, 9.17) is 132 Å². The van der Waals surface area contributed by atoms with E-state index in [0.717, 1.165) is 34.5 Å². The number of nitrogens with one attached hydrogen (secondary N) is 7. The van der Waals surface area contributed by atoms with Crippen molar-refractivity contribution >= 4 is 69.9 Å². The third kappa shape index (κ3) is 53.4. The quantitative estimate of drug-likeness (QED) is 0.0236. The van der Waals surface area contributed by atoms with Gasteiger partial charge in [-0.2, -0.15) is 0 Å². The first kappa shape index (κ1) is 120. The van der Waals surface area contributed by atoms with Crippen molar-refractivity contribution in [1.82, 2.24) is 44.9 Å². The SMILES string of the molecule is CC(=O)N1c2ccc(-c3ccc(C(=O)NCCOCCOCCOCCOCCOCCOCCOCCOCCNC(=O)c4nc(NC(=O)CCNC(=O)c5cc(NC(=O)c6nc(C(N)CCNCCOCCOCCOCCOCCOCCOCCOCCOCCOCCOCCOCCOCCOCCOCCOCCN)cn6C)cn5C)cn4C)cc3)cc2[C@H](Nc2ccc(Cl)cc2)C[C@@H]1C. The van der Waals surface area contributed by atoms with E-state index in [2.05, 4.69) is 60.2 Å². The summed E-state index contributed by atoms with van der Waals surface area (Å²) in [4.78, 5) is 88.8. The number of nitrogens with zero attached hydrogens (tertiary/aromatic N) is 6. The number of aromatic nitrogens is 5. The number of hydrogen-bond donors (Lipinski definition) is 9. The monoisotopic (exact) mass is 2030 g/mol. The molecule has 11 N–H and O–H groups in total. The number of halogens is 1. The predicted molar refractivity (Wildman–Crippen MR) is 529 cm³/mol. The Morgan fingerprint density at radius 3 is 1.18 bits per heavy atom. The normalized spacial score (nSPS) is 13.3. The highest BCUT2D eigenvalue weighted by molar-refractivity contribution is 6.30. The van der Waals surface area contributed by atoms with Crippen LogP contribution in [0.3, 0.4) is 0 Å². The number of aryl methyl sites for hydroxylation is 3. The van der Waals surface area contributed by atoms with Crippen molar-refractivity contribution in [2.24, 2.45) is 32.6 Å². The van der Waals surface area contributed by atoms with Crippen LogP contribution in [-0.4, -0.2) is 408 Å². The molecule has 798 valence electrons. The highest BCUT2D eigenvalue weighted by Gasteiger charge is 2.33. The summed E-state index contributed by atoms with van der Waals surface area (Å²) in [7, 11) is 4.98. The number of hydrogen-bond acceptors (Lipinski definition) is 35. The molecule has 1 unspecified atom stereocenters. The van der Waals surface area contributed by atoms with E-state index in [0.29, 0.717) is 352 Å². The Balaban J connectivity index is 0.558. The Hall–Kier alpha value is -8.77. The highest BCUT2D eigenvalue weighted by atomic mass is 35.5. The van der Waals surface area contributed by atoms with Crippen molar-refractivity contribution in [3.63, 3.8) is 0 Å². The number of nitrogens with two attached hydrogens (primary N) is 2. The van der Waals surface area contributed by atoms with Crippen molar-refractivity contribution in [3.8, 4) is 11.1 Å². The van der Waals surface area contributed by atoms with Gasteiger partial charge in [0, 0.05) is 120 Å². The van der Waals surface area contributed by atoms with Gasteiger partial charge in [0.15, 0.2) is 11.6 Å². The molecule has 6 aromatic rings. The van der Waals surface area contributed by atoms with Crippen LogP contribution in [0.4, 0.5) is 22.9 Å². The zero-order valence-electron chi connectivity index (χ0n) is 83.3. The highest BCUT2D eigenvalue weighted by Crippen LogP contribution is 2.41. The smallest absolute Gasteiger partial charge is 0.291 e. The Bertz CT molecular complexity index is 4340. The maximum absolute atomic E-state index is 13.4. The molecule has 3 aromatic carbocycles. The molecule has 45 heteroatoms. The molecular formula is C97H154ClN15O29. The van der Waals surface area contributed by atoms with E-state index in [1.54, 1.807) is 61.7 Å². The van der Waals surface area contributed by atoms with Gasteiger partial charge in [-0.1, -0.05) is 29.8 Å². The van der Waals surface area contributed by atoms with Gasteiger partial charge >= 0.3 is 0 Å². The van der Waals surface area contributed by atoms with E-state index in [-0.39, 0.29) is 73.2 Å². The minimum Gasteiger partial charge on any atom is -0.378 e. The predicted octanol–water partition coefficient (Wildman–Crippen LogP) is 4.60. The number of anilines is 4. The third-order valence-corrected chi connectivity index (χ3v) is 21.1. The first-order chi connectivity index (χ1) is 69.5. The molecule has 0 radical (unpaired) electrons.